The molecule has 0 saturated heterocycles. The zero-order valence-corrected chi connectivity index (χ0v) is 17.2. The van der Waals surface area contributed by atoms with E-state index in [4.69, 9.17) is 4.98 Å². The van der Waals surface area contributed by atoms with Gasteiger partial charge in [-0.1, -0.05) is 72.8 Å². The molecule has 2 atom stereocenters. The average Bonchev–Trinajstić information content (AvgIpc) is 2.74. The van der Waals surface area contributed by atoms with E-state index in [2.05, 4.69) is 111 Å². The monoisotopic (exact) mass is 371 g/mol. The zero-order chi connectivity index (χ0) is 19.9. The smallest absolute Gasteiger partial charge is 0.0712 e. The highest BCUT2D eigenvalue weighted by Crippen LogP contribution is 2.30. The summed E-state index contributed by atoms with van der Waals surface area (Å²) >= 11 is 0. The van der Waals surface area contributed by atoms with E-state index in [1.165, 1.54) is 11.1 Å². The van der Waals surface area contributed by atoms with E-state index in [1.807, 2.05) is 18.3 Å². The minimum atomic E-state index is 0.0651. The molecule has 0 saturated carbocycles. The Balaban J connectivity index is 1.96. The van der Waals surface area contributed by atoms with Crippen LogP contribution in [0.2, 0.25) is 0 Å². The minimum Gasteiger partial charge on any atom is -0.378 e. The first-order chi connectivity index (χ1) is 13.6. The predicted octanol–water partition coefficient (Wildman–Crippen LogP) is 5.60. The van der Waals surface area contributed by atoms with Crippen molar-refractivity contribution >= 4 is 11.8 Å². The summed E-state index contributed by atoms with van der Waals surface area (Å²) in [4.78, 5) is 9.20. The van der Waals surface area contributed by atoms with Crippen LogP contribution >= 0.6 is 0 Å². The van der Waals surface area contributed by atoms with Crippen LogP contribution in [0.25, 0.3) is 6.08 Å². The van der Waals surface area contributed by atoms with Crippen LogP contribution in [0.15, 0.2) is 85.1 Å². The lowest BCUT2D eigenvalue weighted by Crippen LogP contribution is -2.27. The number of benzene rings is 2. The van der Waals surface area contributed by atoms with Gasteiger partial charge in [0.25, 0.3) is 0 Å². The average molecular weight is 372 g/mol. The molecule has 3 aromatic rings. The second-order valence-corrected chi connectivity index (χ2v) is 7.30. The molecular formula is C25H29N3. The van der Waals surface area contributed by atoms with Crippen molar-refractivity contribution in [2.45, 2.75) is 19.0 Å². The van der Waals surface area contributed by atoms with E-state index >= 15 is 0 Å². The van der Waals surface area contributed by atoms with Gasteiger partial charge >= 0.3 is 0 Å². The highest BCUT2D eigenvalue weighted by molar-refractivity contribution is 5.51. The van der Waals surface area contributed by atoms with Gasteiger partial charge in [-0.3, -0.25) is 9.88 Å². The van der Waals surface area contributed by atoms with Gasteiger partial charge in [0, 0.05) is 32.0 Å². The Kier molecular flexibility index (Phi) is 6.62. The first kappa shape index (κ1) is 19.8. The van der Waals surface area contributed by atoms with Crippen molar-refractivity contribution in [2.75, 3.05) is 26.0 Å². The van der Waals surface area contributed by atoms with Crippen LogP contribution < -0.4 is 4.90 Å². The van der Waals surface area contributed by atoms with Crippen LogP contribution in [0.5, 0.6) is 0 Å². The fourth-order valence-corrected chi connectivity index (χ4v) is 3.29. The van der Waals surface area contributed by atoms with E-state index in [0.29, 0.717) is 0 Å². The molecule has 0 fully saturated rings. The van der Waals surface area contributed by atoms with Crippen LogP contribution in [-0.4, -0.2) is 31.0 Å². The van der Waals surface area contributed by atoms with E-state index in [9.17, 15) is 0 Å². The molecule has 3 heteroatoms. The van der Waals surface area contributed by atoms with Crippen molar-refractivity contribution in [3.05, 3.63) is 102 Å². The van der Waals surface area contributed by atoms with Gasteiger partial charge in [0.05, 0.1) is 11.7 Å². The normalized spacial score (nSPS) is 13.6. The van der Waals surface area contributed by atoms with Gasteiger partial charge in [0.2, 0.25) is 0 Å². The first-order valence-electron chi connectivity index (χ1n) is 9.69. The Hall–Kier alpha value is -2.91. The molecule has 0 aliphatic rings. The Morgan fingerprint density at radius 3 is 2.14 bits per heavy atom. The molecule has 0 aliphatic carbocycles. The van der Waals surface area contributed by atoms with E-state index in [1.54, 1.807) is 0 Å². The van der Waals surface area contributed by atoms with Crippen molar-refractivity contribution in [2.24, 2.45) is 0 Å². The number of likely N-dealkylation sites (N-methyl/N-ethyl adjacent to an activating group) is 1. The summed E-state index contributed by atoms with van der Waals surface area (Å²) in [6.07, 6.45) is 6.33. The van der Waals surface area contributed by atoms with E-state index < -0.39 is 0 Å². The van der Waals surface area contributed by atoms with Crippen LogP contribution in [0.1, 0.15) is 35.8 Å². The van der Waals surface area contributed by atoms with E-state index in [0.717, 1.165) is 11.4 Å². The quantitative estimate of drug-likeness (QED) is 0.539. The summed E-state index contributed by atoms with van der Waals surface area (Å²) in [7, 11) is 6.29. The molecule has 0 amide bonds. The Labute approximate surface area is 169 Å². The summed E-state index contributed by atoms with van der Waals surface area (Å²) in [6.45, 7) is 2.24. The standard InChI is InChI=1S/C25H29N3/c1-20(22-13-9-6-10-14-22)28(4)25(16-15-21-11-7-5-8-12-21)24-19-23(27(2)3)17-18-26-24/h5-20,25H,1-4H3/b16-15+/t20-,25?/m0/s1. The second-order valence-electron chi connectivity index (χ2n) is 7.30. The Morgan fingerprint density at radius 2 is 1.50 bits per heavy atom. The van der Waals surface area contributed by atoms with Crippen LogP contribution in [0.3, 0.4) is 0 Å². The SMILES string of the molecule is C[C@@H](c1ccccc1)N(C)C(/C=C/c1ccccc1)c1cc(N(C)C)ccn1. The third-order valence-corrected chi connectivity index (χ3v) is 5.19. The summed E-state index contributed by atoms with van der Waals surface area (Å²) in [6, 6.07) is 25.6. The fraction of sp³-hybridized carbons (Fsp3) is 0.240. The molecular weight excluding hydrogens is 342 g/mol. The molecule has 3 rings (SSSR count). The molecule has 0 radical (unpaired) electrons. The van der Waals surface area contributed by atoms with Gasteiger partial charge in [-0.05, 0) is 37.2 Å². The Bertz CT molecular complexity index is 888. The first-order valence-corrected chi connectivity index (χ1v) is 9.69. The molecule has 3 nitrogen and oxygen atoms in total. The van der Waals surface area contributed by atoms with Crippen molar-refractivity contribution in [1.82, 2.24) is 9.88 Å². The molecule has 0 bridgehead atoms. The summed E-state index contributed by atoms with van der Waals surface area (Å²) < 4.78 is 0. The lowest BCUT2D eigenvalue weighted by molar-refractivity contribution is 0.216. The van der Waals surface area contributed by atoms with Crippen LogP contribution in [-0.2, 0) is 0 Å². The minimum absolute atomic E-state index is 0.0651. The third kappa shape index (κ3) is 4.87. The largest absolute Gasteiger partial charge is 0.378 e. The highest BCUT2D eigenvalue weighted by atomic mass is 15.2. The number of nitrogens with zero attached hydrogens (tertiary/aromatic N) is 3. The number of rotatable bonds is 7. The van der Waals surface area contributed by atoms with Gasteiger partial charge < -0.3 is 4.90 Å². The van der Waals surface area contributed by atoms with Gasteiger partial charge in [-0.15, -0.1) is 0 Å². The maximum Gasteiger partial charge on any atom is 0.0712 e. The molecule has 144 valence electrons. The topological polar surface area (TPSA) is 19.4 Å². The number of aromatic nitrogens is 1. The molecule has 0 aliphatic heterocycles. The highest BCUT2D eigenvalue weighted by Gasteiger charge is 2.22. The van der Waals surface area contributed by atoms with Crippen LogP contribution in [0, 0.1) is 0 Å². The molecule has 0 spiro atoms. The molecule has 2 aromatic carbocycles. The van der Waals surface area contributed by atoms with Gasteiger partial charge in [-0.25, -0.2) is 0 Å². The van der Waals surface area contributed by atoms with Crippen molar-refractivity contribution in [3.8, 4) is 0 Å². The van der Waals surface area contributed by atoms with Gasteiger partial charge in [0.1, 0.15) is 0 Å². The summed E-state index contributed by atoms with van der Waals surface area (Å²) in [5, 5.41) is 0. The van der Waals surface area contributed by atoms with Gasteiger partial charge in [-0.2, -0.15) is 0 Å². The predicted molar refractivity (Wildman–Crippen MR) is 119 cm³/mol. The molecule has 0 N–H and O–H groups in total. The number of anilines is 1. The fourth-order valence-electron chi connectivity index (χ4n) is 3.29. The van der Waals surface area contributed by atoms with Crippen LogP contribution in [0.4, 0.5) is 5.69 Å². The maximum atomic E-state index is 4.71. The van der Waals surface area contributed by atoms with Crippen molar-refractivity contribution < 1.29 is 0 Å². The lowest BCUT2D eigenvalue weighted by Gasteiger charge is -2.32. The lowest BCUT2D eigenvalue weighted by atomic mass is 10.0. The van der Waals surface area contributed by atoms with E-state index in [-0.39, 0.29) is 12.1 Å². The van der Waals surface area contributed by atoms with Crippen molar-refractivity contribution in [3.63, 3.8) is 0 Å². The molecule has 1 unspecified atom stereocenters. The number of hydrogen-bond donors (Lipinski definition) is 0. The maximum absolute atomic E-state index is 4.71. The zero-order valence-electron chi connectivity index (χ0n) is 17.2. The molecule has 1 heterocycles. The van der Waals surface area contributed by atoms with Gasteiger partial charge in [0.15, 0.2) is 0 Å². The Morgan fingerprint density at radius 1 is 0.857 bits per heavy atom. The molecule has 1 aromatic heterocycles. The molecule has 28 heavy (non-hydrogen) atoms. The number of hydrogen-bond acceptors (Lipinski definition) is 3. The third-order valence-electron chi connectivity index (χ3n) is 5.19. The summed E-state index contributed by atoms with van der Waals surface area (Å²) in [5.74, 6) is 0. The number of pyridine rings is 1. The van der Waals surface area contributed by atoms with Crippen molar-refractivity contribution in [1.29, 1.82) is 0 Å². The second kappa shape index (κ2) is 9.34. The summed E-state index contributed by atoms with van der Waals surface area (Å²) in [5.41, 5.74) is 4.69.